The first-order chi connectivity index (χ1) is 7.68. The SMILES string of the molecule is CN(C)c1cccc(C2CNCCN2C)c1. The largest absolute Gasteiger partial charge is 0.378 e. The van der Waals surface area contributed by atoms with Crippen molar-refractivity contribution in [3.63, 3.8) is 0 Å². The number of nitrogens with zero attached hydrogens (tertiary/aromatic N) is 2. The Bertz CT molecular complexity index is 349. The summed E-state index contributed by atoms with van der Waals surface area (Å²) in [6.07, 6.45) is 0. The predicted octanol–water partition coefficient (Wildman–Crippen LogP) is 1.33. The highest BCUT2D eigenvalue weighted by Gasteiger charge is 2.20. The lowest BCUT2D eigenvalue weighted by Gasteiger charge is -2.33. The number of rotatable bonds is 2. The molecular formula is C13H21N3. The zero-order valence-corrected chi connectivity index (χ0v) is 10.4. The van der Waals surface area contributed by atoms with Crippen LogP contribution in [0.1, 0.15) is 11.6 Å². The van der Waals surface area contributed by atoms with Crippen LogP contribution in [0, 0.1) is 0 Å². The second-order valence-electron chi connectivity index (χ2n) is 4.69. The molecule has 1 aromatic rings. The summed E-state index contributed by atoms with van der Waals surface area (Å²) >= 11 is 0. The van der Waals surface area contributed by atoms with Crippen LogP contribution < -0.4 is 10.2 Å². The molecule has 1 aliphatic heterocycles. The first-order valence-electron chi connectivity index (χ1n) is 5.87. The van der Waals surface area contributed by atoms with Crippen molar-refractivity contribution in [1.82, 2.24) is 10.2 Å². The van der Waals surface area contributed by atoms with Crippen molar-refractivity contribution in [1.29, 1.82) is 0 Å². The second kappa shape index (κ2) is 4.85. The van der Waals surface area contributed by atoms with Crippen LogP contribution in [-0.2, 0) is 0 Å². The Labute approximate surface area is 98.0 Å². The average molecular weight is 219 g/mol. The highest BCUT2D eigenvalue weighted by Crippen LogP contribution is 2.24. The molecule has 0 saturated carbocycles. The molecule has 16 heavy (non-hydrogen) atoms. The fourth-order valence-electron chi connectivity index (χ4n) is 2.19. The lowest BCUT2D eigenvalue weighted by atomic mass is 10.0. The van der Waals surface area contributed by atoms with Crippen LogP contribution in [0.3, 0.4) is 0 Å². The Balaban J connectivity index is 2.21. The van der Waals surface area contributed by atoms with E-state index >= 15 is 0 Å². The molecule has 3 heteroatoms. The molecule has 3 nitrogen and oxygen atoms in total. The van der Waals surface area contributed by atoms with E-state index in [1.54, 1.807) is 0 Å². The summed E-state index contributed by atoms with van der Waals surface area (Å²) in [6.45, 7) is 3.27. The Morgan fingerprint density at radius 2 is 2.19 bits per heavy atom. The van der Waals surface area contributed by atoms with E-state index in [1.807, 2.05) is 0 Å². The van der Waals surface area contributed by atoms with Crippen LogP contribution >= 0.6 is 0 Å². The van der Waals surface area contributed by atoms with E-state index in [4.69, 9.17) is 0 Å². The summed E-state index contributed by atoms with van der Waals surface area (Å²) in [7, 11) is 6.37. The molecule has 1 unspecified atom stereocenters. The van der Waals surface area contributed by atoms with Crippen LogP contribution in [0.5, 0.6) is 0 Å². The molecule has 1 heterocycles. The van der Waals surface area contributed by atoms with Crippen molar-refractivity contribution in [2.75, 3.05) is 45.7 Å². The molecule has 0 amide bonds. The Morgan fingerprint density at radius 3 is 2.88 bits per heavy atom. The lowest BCUT2D eigenvalue weighted by Crippen LogP contribution is -2.43. The van der Waals surface area contributed by atoms with Gasteiger partial charge in [0.1, 0.15) is 0 Å². The summed E-state index contributed by atoms with van der Waals surface area (Å²) in [5.41, 5.74) is 2.68. The monoisotopic (exact) mass is 219 g/mol. The van der Waals surface area contributed by atoms with Crippen LogP contribution in [0.2, 0.25) is 0 Å². The van der Waals surface area contributed by atoms with Crippen LogP contribution in [0.15, 0.2) is 24.3 Å². The summed E-state index contributed by atoms with van der Waals surface area (Å²) < 4.78 is 0. The first kappa shape index (κ1) is 11.4. The summed E-state index contributed by atoms with van der Waals surface area (Å²) in [6, 6.07) is 9.32. The van der Waals surface area contributed by atoms with Gasteiger partial charge in [-0.1, -0.05) is 12.1 Å². The van der Waals surface area contributed by atoms with Gasteiger partial charge in [0, 0.05) is 45.5 Å². The third kappa shape index (κ3) is 2.36. The highest BCUT2D eigenvalue weighted by molar-refractivity contribution is 5.48. The summed E-state index contributed by atoms with van der Waals surface area (Å²) in [5.74, 6) is 0. The molecule has 1 aliphatic rings. The van der Waals surface area contributed by atoms with Gasteiger partial charge in [-0.05, 0) is 24.7 Å². The van der Waals surface area contributed by atoms with E-state index in [1.165, 1.54) is 11.3 Å². The Kier molecular flexibility index (Phi) is 3.46. The van der Waals surface area contributed by atoms with Gasteiger partial charge in [-0.15, -0.1) is 0 Å². The Morgan fingerprint density at radius 1 is 1.38 bits per heavy atom. The molecule has 0 aromatic heterocycles. The molecule has 1 atom stereocenters. The zero-order valence-electron chi connectivity index (χ0n) is 10.4. The predicted molar refractivity (Wildman–Crippen MR) is 69.0 cm³/mol. The van der Waals surface area contributed by atoms with Crippen molar-refractivity contribution >= 4 is 5.69 Å². The molecule has 1 N–H and O–H groups in total. The van der Waals surface area contributed by atoms with Crippen LogP contribution in [0.4, 0.5) is 5.69 Å². The highest BCUT2D eigenvalue weighted by atomic mass is 15.2. The minimum Gasteiger partial charge on any atom is -0.378 e. The van der Waals surface area contributed by atoms with E-state index in [9.17, 15) is 0 Å². The molecule has 1 saturated heterocycles. The van der Waals surface area contributed by atoms with E-state index in [0.717, 1.165) is 19.6 Å². The number of benzene rings is 1. The van der Waals surface area contributed by atoms with Crippen molar-refractivity contribution in [2.24, 2.45) is 0 Å². The van der Waals surface area contributed by atoms with Gasteiger partial charge >= 0.3 is 0 Å². The molecule has 2 rings (SSSR count). The molecule has 0 bridgehead atoms. The minimum absolute atomic E-state index is 0.508. The third-order valence-electron chi connectivity index (χ3n) is 3.28. The smallest absolute Gasteiger partial charge is 0.0470 e. The Hall–Kier alpha value is -1.06. The molecule has 1 fully saturated rings. The standard InChI is InChI=1S/C13H21N3/c1-15(2)12-6-4-5-11(9-12)13-10-14-7-8-16(13)3/h4-6,9,13-14H,7-8,10H2,1-3H3. The van der Waals surface area contributed by atoms with Gasteiger partial charge in [0.15, 0.2) is 0 Å². The quantitative estimate of drug-likeness (QED) is 0.809. The average Bonchev–Trinajstić information content (AvgIpc) is 2.30. The fraction of sp³-hybridized carbons (Fsp3) is 0.538. The molecule has 0 spiro atoms. The zero-order chi connectivity index (χ0) is 11.5. The number of anilines is 1. The maximum Gasteiger partial charge on any atom is 0.0470 e. The van der Waals surface area contributed by atoms with E-state index in [0.29, 0.717) is 6.04 Å². The topological polar surface area (TPSA) is 18.5 Å². The molecular weight excluding hydrogens is 198 g/mol. The third-order valence-corrected chi connectivity index (χ3v) is 3.28. The molecule has 0 radical (unpaired) electrons. The molecule has 1 aromatic carbocycles. The van der Waals surface area contributed by atoms with E-state index in [-0.39, 0.29) is 0 Å². The van der Waals surface area contributed by atoms with Crippen molar-refractivity contribution in [3.05, 3.63) is 29.8 Å². The number of nitrogens with one attached hydrogen (secondary N) is 1. The lowest BCUT2D eigenvalue weighted by molar-refractivity contribution is 0.202. The van der Waals surface area contributed by atoms with Gasteiger partial charge in [0.2, 0.25) is 0 Å². The number of likely N-dealkylation sites (N-methyl/N-ethyl adjacent to an activating group) is 1. The van der Waals surface area contributed by atoms with E-state index in [2.05, 4.69) is 60.5 Å². The summed E-state index contributed by atoms with van der Waals surface area (Å²) in [5, 5.41) is 3.46. The number of hydrogen-bond acceptors (Lipinski definition) is 3. The minimum atomic E-state index is 0.508. The number of piperazine rings is 1. The van der Waals surface area contributed by atoms with Gasteiger partial charge < -0.3 is 10.2 Å². The maximum absolute atomic E-state index is 3.46. The normalized spacial score (nSPS) is 22.1. The van der Waals surface area contributed by atoms with Gasteiger partial charge in [-0.3, -0.25) is 4.90 Å². The van der Waals surface area contributed by atoms with Crippen LogP contribution in [0.25, 0.3) is 0 Å². The fourth-order valence-corrected chi connectivity index (χ4v) is 2.19. The molecule has 88 valence electrons. The van der Waals surface area contributed by atoms with E-state index < -0.39 is 0 Å². The molecule has 0 aliphatic carbocycles. The van der Waals surface area contributed by atoms with Gasteiger partial charge in [-0.25, -0.2) is 0 Å². The van der Waals surface area contributed by atoms with Crippen LogP contribution in [-0.4, -0.2) is 45.7 Å². The summed E-state index contributed by atoms with van der Waals surface area (Å²) in [4.78, 5) is 4.57. The second-order valence-corrected chi connectivity index (χ2v) is 4.69. The number of hydrogen-bond donors (Lipinski definition) is 1. The van der Waals surface area contributed by atoms with Gasteiger partial charge in [0.25, 0.3) is 0 Å². The maximum atomic E-state index is 3.46. The van der Waals surface area contributed by atoms with Crippen molar-refractivity contribution < 1.29 is 0 Å². The van der Waals surface area contributed by atoms with Crippen molar-refractivity contribution in [2.45, 2.75) is 6.04 Å². The first-order valence-corrected chi connectivity index (χ1v) is 5.87. The van der Waals surface area contributed by atoms with Gasteiger partial charge in [0.05, 0.1) is 0 Å². The van der Waals surface area contributed by atoms with Crippen molar-refractivity contribution in [3.8, 4) is 0 Å². The van der Waals surface area contributed by atoms with Gasteiger partial charge in [-0.2, -0.15) is 0 Å².